The molecule has 25 heavy (non-hydrogen) atoms. The zero-order chi connectivity index (χ0) is 18.8. The fourth-order valence-corrected chi connectivity index (χ4v) is 2.38. The molecule has 1 aliphatic rings. The number of carbonyl (C=O) groups excluding carboxylic acids is 1. The molecule has 0 aromatic carbocycles. The average Bonchev–Trinajstić information content (AvgIpc) is 2.73. The quantitative estimate of drug-likeness (QED) is 0.694. The SMILES string of the molecule is CC(=O)NCC(=Cc1cnc(N)c(CO)c1)B1OC(C)(C)C(C)(C)O1. The molecule has 136 valence electrons. The molecule has 0 radical (unpaired) electrons. The van der Waals surface area contributed by atoms with Crippen LogP contribution in [0.2, 0.25) is 0 Å². The Balaban J connectivity index is 2.35. The Morgan fingerprint density at radius 2 is 1.96 bits per heavy atom. The molecule has 7 nitrogen and oxygen atoms in total. The summed E-state index contributed by atoms with van der Waals surface area (Å²) < 4.78 is 12.1. The molecule has 2 heterocycles. The minimum absolute atomic E-state index is 0.145. The van der Waals surface area contributed by atoms with Crippen molar-refractivity contribution in [2.75, 3.05) is 12.3 Å². The molecular formula is C17H26BN3O4. The third-order valence-electron chi connectivity index (χ3n) is 4.64. The van der Waals surface area contributed by atoms with Crippen molar-refractivity contribution in [1.29, 1.82) is 0 Å². The number of nitrogens with zero attached hydrogens (tertiary/aromatic N) is 1. The topological polar surface area (TPSA) is 107 Å². The van der Waals surface area contributed by atoms with Crippen molar-refractivity contribution in [1.82, 2.24) is 10.3 Å². The Morgan fingerprint density at radius 3 is 2.48 bits per heavy atom. The van der Waals surface area contributed by atoms with Gasteiger partial charge in [-0.15, -0.1) is 0 Å². The van der Waals surface area contributed by atoms with E-state index in [2.05, 4.69) is 10.3 Å². The zero-order valence-electron chi connectivity index (χ0n) is 15.4. The molecule has 1 saturated heterocycles. The second kappa shape index (κ2) is 7.15. The van der Waals surface area contributed by atoms with Gasteiger partial charge in [-0.25, -0.2) is 4.98 Å². The van der Waals surface area contributed by atoms with Crippen LogP contribution >= 0.6 is 0 Å². The number of pyridine rings is 1. The third kappa shape index (κ3) is 4.39. The van der Waals surface area contributed by atoms with Gasteiger partial charge in [0.1, 0.15) is 5.82 Å². The molecule has 1 aromatic heterocycles. The zero-order valence-corrected chi connectivity index (χ0v) is 15.4. The number of hydrogen-bond acceptors (Lipinski definition) is 6. The van der Waals surface area contributed by atoms with Crippen LogP contribution in [0.25, 0.3) is 6.08 Å². The van der Waals surface area contributed by atoms with E-state index in [1.807, 2.05) is 33.8 Å². The smallest absolute Gasteiger partial charge is 0.400 e. The fourth-order valence-electron chi connectivity index (χ4n) is 2.38. The Kier molecular flexibility index (Phi) is 5.56. The average molecular weight is 347 g/mol. The van der Waals surface area contributed by atoms with E-state index in [1.54, 1.807) is 12.3 Å². The number of aliphatic hydroxyl groups excluding tert-OH is 1. The Morgan fingerprint density at radius 1 is 1.36 bits per heavy atom. The van der Waals surface area contributed by atoms with Crippen LogP contribution in [-0.2, 0) is 20.7 Å². The Labute approximate surface area is 148 Å². The van der Waals surface area contributed by atoms with Crippen molar-refractivity contribution in [2.45, 2.75) is 52.4 Å². The number of anilines is 1. The van der Waals surface area contributed by atoms with Crippen LogP contribution in [0.1, 0.15) is 45.7 Å². The van der Waals surface area contributed by atoms with Gasteiger partial charge in [0, 0.05) is 25.2 Å². The number of aliphatic hydroxyl groups is 1. The normalized spacial score (nSPS) is 19.1. The summed E-state index contributed by atoms with van der Waals surface area (Å²) >= 11 is 0. The first-order chi connectivity index (χ1) is 11.6. The summed E-state index contributed by atoms with van der Waals surface area (Å²) in [5.41, 5.74) is 6.80. The summed E-state index contributed by atoms with van der Waals surface area (Å²) in [6.07, 6.45) is 3.44. The lowest BCUT2D eigenvalue weighted by Gasteiger charge is -2.32. The number of rotatable bonds is 5. The highest BCUT2D eigenvalue weighted by atomic mass is 16.7. The maximum Gasteiger partial charge on any atom is 0.492 e. The predicted molar refractivity (Wildman–Crippen MR) is 97.3 cm³/mol. The number of aromatic nitrogens is 1. The van der Waals surface area contributed by atoms with E-state index in [1.165, 1.54) is 6.92 Å². The van der Waals surface area contributed by atoms with E-state index in [-0.39, 0.29) is 19.1 Å². The second-order valence-electron chi connectivity index (χ2n) is 7.19. The van der Waals surface area contributed by atoms with Crippen LogP contribution in [0.5, 0.6) is 0 Å². The van der Waals surface area contributed by atoms with Gasteiger partial charge in [0.25, 0.3) is 0 Å². The second-order valence-corrected chi connectivity index (χ2v) is 7.19. The highest BCUT2D eigenvalue weighted by Gasteiger charge is 2.52. The van der Waals surface area contributed by atoms with Crippen LogP contribution in [0.3, 0.4) is 0 Å². The molecule has 1 aromatic rings. The maximum atomic E-state index is 11.3. The van der Waals surface area contributed by atoms with Gasteiger partial charge < -0.3 is 25.5 Å². The van der Waals surface area contributed by atoms with Gasteiger partial charge in [-0.1, -0.05) is 6.08 Å². The van der Waals surface area contributed by atoms with Gasteiger partial charge in [-0.05, 0) is 44.8 Å². The Hall–Kier alpha value is -1.90. The first-order valence-corrected chi connectivity index (χ1v) is 8.21. The number of nitrogens with two attached hydrogens (primary N) is 1. The number of amides is 1. The lowest BCUT2D eigenvalue weighted by molar-refractivity contribution is -0.118. The van der Waals surface area contributed by atoms with Crippen molar-refractivity contribution >= 4 is 24.9 Å². The molecule has 4 N–H and O–H groups in total. The van der Waals surface area contributed by atoms with Crippen molar-refractivity contribution in [2.24, 2.45) is 0 Å². The third-order valence-corrected chi connectivity index (χ3v) is 4.64. The van der Waals surface area contributed by atoms with Crippen molar-refractivity contribution in [3.05, 3.63) is 28.9 Å². The summed E-state index contributed by atoms with van der Waals surface area (Å²) in [5, 5.41) is 12.1. The fraction of sp³-hybridized carbons (Fsp3) is 0.529. The van der Waals surface area contributed by atoms with E-state index in [9.17, 15) is 9.90 Å². The molecule has 0 saturated carbocycles. The molecule has 8 heteroatoms. The standard InChI is InChI=1S/C17H26BN3O4/c1-11(23)20-9-14(18-24-16(2,3)17(4,5)25-18)7-12-6-13(10-22)15(19)21-8-12/h6-8,22H,9-10H2,1-5H3,(H2,19,21)(H,20,23). The van der Waals surface area contributed by atoms with Crippen LogP contribution in [-0.4, -0.2) is 40.9 Å². The number of carbonyl (C=O) groups is 1. The van der Waals surface area contributed by atoms with Gasteiger partial charge >= 0.3 is 7.12 Å². The largest absolute Gasteiger partial charge is 0.492 e. The first-order valence-electron chi connectivity index (χ1n) is 8.21. The van der Waals surface area contributed by atoms with Crippen molar-refractivity contribution < 1.29 is 19.2 Å². The lowest BCUT2D eigenvalue weighted by atomic mass is 9.77. The van der Waals surface area contributed by atoms with Gasteiger partial charge in [0.2, 0.25) is 5.91 Å². The number of nitrogen functional groups attached to an aromatic ring is 1. The van der Waals surface area contributed by atoms with E-state index in [0.717, 1.165) is 11.0 Å². The summed E-state index contributed by atoms with van der Waals surface area (Å²) in [4.78, 5) is 15.4. The molecule has 2 rings (SSSR count). The first kappa shape index (κ1) is 19.4. The van der Waals surface area contributed by atoms with E-state index in [4.69, 9.17) is 15.0 Å². The summed E-state index contributed by atoms with van der Waals surface area (Å²) in [5.74, 6) is 0.146. The van der Waals surface area contributed by atoms with Crippen LogP contribution in [0.4, 0.5) is 5.82 Å². The number of nitrogens with one attached hydrogen (secondary N) is 1. The molecular weight excluding hydrogens is 321 g/mol. The van der Waals surface area contributed by atoms with Gasteiger partial charge in [0.15, 0.2) is 0 Å². The Bertz CT molecular complexity index is 672. The summed E-state index contributed by atoms with van der Waals surface area (Å²) in [7, 11) is -0.591. The minimum Gasteiger partial charge on any atom is -0.400 e. The number of hydrogen-bond donors (Lipinski definition) is 3. The highest BCUT2D eigenvalue weighted by molar-refractivity contribution is 6.56. The van der Waals surface area contributed by atoms with Gasteiger partial charge in [0.05, 0.1) is 17.8 Å². The van der Waals surface area contributed by atoms with Crippen LogP contribution in [0, 0.1) is 0 Å². The molecule has 0 bridgehead atoms. The maximum absolute atomic E-state index is 11.3. The predicted octanol–water partition coefficient (Wildman–Crippen LogP) is 1.31. The highest BCUT2D eigenvalue weighted by Crippen LogP contribution is 2.38. The molecule has 0 atom stereocenters. The minimum atomic E-state index is -0.591. The van der Waals surface area contributed by atoms with E-state index in [0.29, 0.717) is 11.4 Å². The molecule has 0 spiro atoms. The summed E-state index contributed by atoms with van der Waals surface area (Å²) in [6, 6.07) is 1.75. The van der Waals surface area contributed by atoms with Gasteiger partial charge in [-0.3, -0.25) is 4.79 Å². The van der Waals surface area contributed by atoms with Crippen LogP contribution < -0.4 is 11.1 Å². The van der Waals surface area contributed by atoms with E-state index >= 15 is 0 Å². The lowest BCUT2D eigenvalue weighted by Crippen LogP contribution is -2.41. The van der Waals surface area contributed by atoms with Crippen LogP contribution in [0.15, 0.2) is 17.7 Å². The van der Waals surface area contributed by atoms with E-state index < -0.39 is 18.3 Å². The molecule has 1 aliphatic heterocycles. The molecule has 0 aliphatic carbocycles. The molecule has 0 unspecified atom stereocenters. The summed E-state index contributed by atoms with van der Waals surface area (Å²) in [6.45, 7) is 9.42. The van der Waals surface area contributed by atoms with Gasteiger partial charge in [-0.2, -0.15) is 0 Å². The van der Waals surface area contributed by atoms with Crippen molar-refractivity contribution in [3.63, 3.8) is 0 Å². The molecule has 1 amide bonds. The molecule has 1 fully saturated rings. The van der Waals surface area contributed by atoms with Crippen molar-refractivity contribution in [3.8, 4) is 0 Å². The monoisotopic (exact) mass is 347 g/mol.